The summed E-state index contributed by atoms with van der Waals surface area (Å²) in [5, 5.41) is 9.02. The maximum Gasteiger partial charge on any atom is 0.218 e. The second-order valence-corrected chi connectivity index (χ2v) is 3.01. The van der Waals surface area contributed by atoms with Crippen molar-refractivity contribution in [2.45, 2.75) is 33.1 Å². The Morgan fingerprint density at radius 2 is 1.91 bits per heavy atom. The molecule has 0 saturated heterocycles. The van der Waals surface area contributed by atoms with Crippen molar-refractivity contribution in [3.05, 3.63) is 0 Å². The van der Waals surface area contributed by atoms with Crippen LogP contribution in [0.4, 0.5) is 0 Å². The Balaban J connectivity index is 4.16. The van der Waals surface area contributed by atoms with Gasteiger partial charge < -0.3 is 10.8 Å². The summed E-state index contributed by atoms with van der Waals surface area (Å²) in [4.78, 5) is 10.6. The predicted molar refractivity (Wildman–Crippen MR) is 43.9 cm³/mol. The molecule has 0 aromatic rings. The maximum atomic E-state index is 10.6. The van der Waals surface area contributed by atoms with Gasteiger partial charge in [-0.15, -0.1) is 0 Å². The molecule has 3 N–H and O–H groups in total. The number of hydrogen-bond acceptors (Lipinski definition) is 2. The van der Waals surface area contributed by atoms with E-state index in [4.69, 9.17) is 10.8 Å². The number of primary amides is 1. The molecule has 3 nitrogen and oxygen atoms in total. The molecular formula is C8H17NO2. The van der Waals surface area contributed by atoms with Crippen molar-refractivity contribution in [2.75, 3.05) is 6.61 Å². The average Bonchev–Trinajstić information content (AvgIpc) is 2.00. The fourth-order valence-electron chi connectivity index (χ4n) is 1.15. The van der Waals surface area contributed by atoms with Crippen LogP contribution in [0, 0.1) is 5.41 Å². The third-order valence-electron chi connectivity index (χ3n) is 2.38. The van der Waals surface area contributed by atoms with E-state index in [1.54, 1.807) is 0 Å². The topological polar surface area (TPSA) is 63.3 Å². The Morgan fingerprint density at radius 1 is 1.45 bits per heavy atom. The summed E-state index contributed by atoms with van der Waals surface area (Å²) < 4.78 is 0. The number of aliphatic hydroxyl groups is 1. The lowest BCUT2D eigenvalue weighted by atomic mass is 9.80. The van der Waals surface area contributed by atoms with Gasteiger partial charge in [0.05, 0.1) is 0 Å². The molecule has 11 heavy (non-hydrogen) atoms. The highest BCUT2D eigenvalue weighted by molar-refractivity contribution is 5.74. The van der Waals surface area contributed by atoms with E-state index in [0.29, 0.717) is 0 Å². The van der Waals surface area contributed by atoms with Gasteiger partial charge in [0, 0.05) is 18.4 Å². The fraction of sp³-hybridized carbons (Fsp3) is 0.875. The summed E-state index contributed by atoms with van der Waals surface area (Å²) in [6.07, 6.45) is 1.88. The zero-order valence-corrected chi connectivity index (χ0v) is 7.26. The van der Waals surface area contributed by atoms with Gasteiger partial charge in [-0.25, -0.2) is 0 Å². The zero-order chi connectivity index (χ0) is 8.91. The van der Waals surface area contributed by atoms with Crippen LogP contribution in [0.2, 0.25) is 0 Å². The largest absolute Gasteiger partial charge is 0.396 e. The van der Waals surface area contributed by atoms with Crippen molar-refractivity contribution in [2.24, 2.45) is 11.1 Å². The standard InChI is InChI=1S/C8H17NO2/c1-3-8(4-2,6-10)5-7(9)11/h10H,3-6H2,1-2H3,(H2,9,11). The molecule has 0 fully saturated rings. The number of carbonyl (C=O) groups excluding carboxylic acids is 1. The van der Waals surface area contributed by atoms with Crippen molar-refractivity contribution in [3.63, 3.8) is 0 Å². The van der Waals surface area contributed by atoms with E-state index in [1.807, 2.05) is 13.8 Å². The molecule has 0 aliphatic carbocycles. The van der Waals surface area contributed by atoms with Crippen molar-refractivity contribution >= 4 is 5.91 Å². The molecule has 0 atom stereocenters. The Labute approximate surface area is 67.6 Å². The van der Waals surface area contributed by atoms with E-state index in [2.05, 4.69) is 0 Å². The molecule has 3 heteroatoms. The first-order valence-electron chi connectivity index (χ1n) is 3.99. The minimum Gasteiger partial charge on any atom is -0.396 e. The van der Waals surface area contributed by atoms with E-state index in [9.17, 15) is 4.79 Å². The van der Waals surface area contributed by atoms with Crippen molar-refractivity contribution in [3.8, 4) is 0 Å². The smallest absolute Gasteiger partial charge is 0.218 e. The Hall–Kier alpha value is -0.570. The Bertz CT molecular complexity index is 122. The average molecular weight is 159 g/mol. The molecule has 0 aromatic heterocycles. The third-order valence-corrected chi connectivity index (χ3v) is 2.38. The van der Waals surface area contributed by atoms with E-state index in [0.717, 1.165) is 12.8 Å². The SMILES string of the molecule is CCC(CC)(CO)CC(N)=O. The molecule has 0 unspecified atom stereocenters. The number of amides is 1. The minimum absolute atomic E-state index is 0.0446. The monoisotopic (exact) mass is 159 g/mol. The van der Waals surface area contributed by atoms with Crippen LogP contribution in [0.15, 0.2) is 0 Å². The van der Waals surface area contributed by atoms with Gasteiger partial charge in [-0.3, -0.25) is 4.79 Å². The number of nitrogens with two attached hydrogens (primary N) is 1. The first-order chi connectivity index (χ1) is 5.10. The quantitative estimate of drug-likeness (QED) is 0.619. The maximum absolute atomic E-state index is 10.6. The Kier molecular flexibility index (Phi) is 4.11. The van der Waals surface area contributed by atoms with Gasteiger partial charge in [0.25, 0.3) is 0 Å². The molecule has 66 valence electrons. The van der Waals surface area contributed by atoms with Crippen molar-refractivity contribution in [1.29, 1.82) is 0 Å². The van der Waals surface area contributed by atoms with Crippen LogP contribution < -0.4 is 5.73 Å². The van der Waals surface area contributed by atoms with E-state index in [1.165, 1.54) is 0 Å². The predicted octanol–water partition coefficient (Wildman–Crippen LogP) is 0.661. The molecule has 1 amide bonds. The van der Waals surface area contributed by atoms with E-state index >= 15 is 0 Å². The molecule has 0 bridgehead atoms. The summed E-state index contributed by atoms with van der Waals surface area (Å²) in [6, 6.07) is 0. The highest BCUT2D eigenvalue weighted by atomic mass is 16.3. The summed E-state index contributed by atoms with van der Waals surface area (Å²) in [5.41, 5.74) is 4.78. The van der Waals surface area contributed by atoms with E-state index < -0.39 is 0 Å². The number of aliphatic hydroxyl groups excluding tert-OH is 1. The summed E-state index contributed by atoms with van der Waals surface area (Å²) in [5.74, 6) is -0.331. The zero-order valence-electron chi connectivity index (χ0n) is 7.26. The molecule has 0 aromatic carbocycles. The lowest BCUT2D eigenvalue weighted by Crippen LogP contribution is -2.30. The van der Waals surface area contributed by atoms with Gasteiger partial charge >= 0.3 is 0 Å². The van der Waals surface area contributed by atoms with Gasteiger partial charge in [-0.05, 0) is 12.8 Å². The highest BCUT2D eigenvalue weighted by Crippen LogP contribution is 2.29. The normalized spacial score (nSPS) is 11.5. The summed E-state index contributed by atoms with van der Waals surface area (Å²) in [7, 11) is 0. The first-order valence-corrected chi connectivity index (χ1v) is 3.99. The van der Waals surface area contributed by atoms with E-state index in [-0.39, 0.29) is 24.3 Å². The molecule has 0 spiro atoms. The van der Waals surface area contributed by atoms with Crippen LogP contribution in [-0.4, -0.2) is 17.6 Å². The molecular weight excluding hydrogens is 142 g/mol. The highest BCUT2D eigenvalue weighted by Gasteiger charge is 2.26. The van der Waals surface area contributed by atoms with Gasteiger partial charge in [0.15, 0.2) is 0 Å². The van der Waals surface area contributed by atoms with Crippen LogP contribution in [0.5, 0.6) is 0 Å². The Morgan fingerprint density at radius 3 is 2.00 bits per heavy atom. The lowest BCUT2D eigenvalue weighted by Gasteiger charge is -2.27. The van der Waals surface area contributed by atoms with Gasteiger partial charge in [-0.2, -0.15) is 0 Å². The molecule has 0 heterocycles. The molecule has 0 aliphatic heterocycles. The number of hydrogen-bond donors (Lipinski definition) is 2. The van der Waals surface area contributed by atoms with Crippen LogP contribution >= 0.6 is 0 Å². The summed E-state index contributed by atoms with van der Waals surface area (Å²) in [6.45, 7) is 3.97. The van der Waals surface area contributed by atoms with Crippen molar-refractivity contribution in [1.82, 2.24) is 0 Å². The second-order valence-electron chi connectivity index (χ2n) is 3.01. The van der Waals surface area contributed by atoms with Gasteiger partial charge in [0.2, 0.25) is 5.91 Å². The minimum atomic E-state index is -0.331. The second kappa shape index (κ2) is 4.34. The lowest BCUT2D eigenvalue weighted by molar-refractivity contribution is -0.121. The molecule has 0 aliphatic rings. The van der Waals surface area contributed by atoms with Crippen LogP contribution in [0.3, 0.4) is 0 Å². The summed E-state index contributed by atoms with van der Waals surface area (Å²) >= 11 is 0. The van der Waals surface area contributed by atoms with Gasteiger partial charge in [-0.1, -0.05) is 13.8 Å². The van der Waals surface area contributed by atoms with Gasteiger partial charge in [0.1, 0.15) is 0 Å². The van der Waals surface area contributed by atoms with Crippen molar-refractivity contribution < 1.29 is 9.90 Å². The van der Waals surface area contributed by atoms with Crippen LogP contribution in [0.1, 0.15) is 33.1 Å². The van der Waals surface area contributed by atoms with Crippen LogP contribution in [0.25, 0.3) is 0 Å². The molecule has 0 rings (SSSR count). The fourth-order valence-corrected chi connectivity index (χ4v) is 1.15. The third kappa shape index (κ3) is 2.89. The first kappa shape index (κ1) is 10.4. The molecule has 0 radical (unpaired) electrons. The number of rotatable bonds is 5. The van der Waals surface area contributed by atoms with Crippen LogP contribution in [-0.2, 0) is 4.79 Å². The molecule has 0 saturated carbocycles. The number of carbonyl (C=O) groups is 1.